The van der Waals surface area contributed by atoms with Crippen LogP contribution >= 0.6 is 0 Å². The van der Waals surface area contributed by atoms with Gasteiger partial charge in [-0.3, -0.25) is 16.2 Å². The highest BCUT2D eigenvalue weighted by Gasteiger charge is 2.28. The fraction of sp³-hybridized carbons (Fsp3) is 0.625. The van der Waals surface area contributed by atoms with Crippen LogP contribution < -0.4 is 11.3 Å². The summed E-state index contributed by atoms with van der Waals surface area (Å²) in [6.45, 7) is 9.30. The molecule has 2 rings (SSSR count). The first-order valence-corrected chi connectivity index (χ1v) is 7.47. The summed E-state index contributed by atoms with van der Waals surface area (Å²) in [7, 11) is 0. The second kappa shape index (κ2) is 7.18. The van der Waals surface area contributed by atoms with E-state index in [-0.39, 0.29) is 12.1 Å². The van der Waals surface area contributed by atoms with Crippen molar-refractivity contribution in [1.82, 2.24) is 10.3 Å². The molecule has 0 amide bonds. The lowest BCUT2D eigenvalue weighted by Gasteiger charge is -2.38. The topological polar surface area (TPSA) is 50.5 Å². The molecule has 0 saturated carbocycles. The van der Waals surface area contributed by atoms with Gasteiger partial charge in [0.1, 0.15) is 0 Å². The minimum Gasteiger partial charge on any atom is -0.374 e. The van der Waals surface area contributed by atoms with Crippen molar-refractivity contribution in [2.24, 2.45) is 5.84 Å². The van der Waals surface area contributed by atoms with Crippen molar-refractivity contribution < 1.29 is 4.74 Å². The average Bonchev–Trinajstić information content (AvgIpc) is 2.46. The maximum absolute atomic E-state index is 5.92. The van der Waals surface area contributed by atoms with E-state index in [1.54, 1.807) is 0 Å². The van der Waals surface area contributed by atoms with Crippen molar-refractivity contribution in [3.05, 3.63) is 35.4 Å². The molecule has 1 fully saturated rings. The van der Waals surface area contributed by atoms with Crippen LogP contribution in [0.15, 0.2) is 24.3 Å². The molecule has 2 atom stereocenters. The van der Waals surface area contributed by atoms with Crippen molar-refractivity contribution in [3.63, 3.8) is 0 Å². The van der Waals surface area contributed by atoms with Crippen LogP contribution in [0.5, 0.6) is 0 Å². The van der Waals surface area contributed by atoms with Crippen LogP contribution in [-0.2, 0) is 11.2 Å². The Labute approximate surface area is 122 Å². The van der Waals surface area contributed by atoms with Crippen LogP contribution in [-0.4, -0.2) is 42.8 Å². The van der Waals surface area contributed by atoms with Crippen LogP contribution in [0.3, 0.4) is 0 Å². The SMILES string of the molecule is Cc1ccc(CC(NN)C2CN(C(C)C)CCO2)cc1. The van der Waals surface area contributed by atoms with Crippen LogP contribution in [0.25, 0.3) is 0 Å². The van der Waals surface area contributed by atoms with Gasteiger partial charge in [-0.25, -0.2) is 0 Å². The minimum atomic E-state index is 0.150. The lowest BCUT2D eigenvalue weighted by Crippen LogP contribution is -2.56. The Morgan fingerprint density at radius 3 is 2.65 bits per heavy atom. The molecule has 0 bridgehead atoms. The number of hydrazine groups is 1. The van der Waals surface area contributed by atoms with Gasteiger partial charge in [0.2, 0.25) is 0 Å². The smallest absolute Gasteiger partial charge is 0.0872 e. The summed E-state index contributed by atoms with van der Waals surface area (Å²) >= 11 is 0. The van der Waals surface area contributed by atoms with E-state index < -0.39 is 0 Å². The van der Waals surface area contributed by atoms with Crippen LogP contribution in [0.2, 0.25) is 0 Å². The maximum atomic E-state index is 5.92. The Morgan fingerprint density at radius 2 is 2.05 bits per heavy atom. The summed E-state index contributed by atoms with van der Waals surface area (Å²) in [5.74, 6) is 5.75. The number of ether oxygens (including phenoxy) is 1. The van der Waals surface area contributed by atoms with Crippen LogP contribution in [0, 0.1) is 6.92 Å². The van der Waals surface area contributed by atoms with Gasteiger partial charge in [-0.2, -0.15) is 0 Å². The third-order valence-corrected chi connectivity index (χ3v) is 4.09. The van der Waals surface area contributed by atoms with E-state index >= 15 is 0 Å². The van der Waals surface area contributed by atoms with Gasteiger partial charge in [0, 0.05) is 19.1 Å². The molecular weight excluding hydrogens is 250 g/mol. The molecule has 20 heavy (non-hydrogen) atoms. The maximum Gasteiger partial charge on any atom is 0.0872 e. The van der Waals surface area contributed by atoms with Gasteiger partial charge < -0.3 is 4.74 Å². The van der Waals surface area contributed by atoms with Gasteiger partial charge in [-0.1, -0.05) is 29.8 Å². The van der Waals surface area contributed by atoms with Gasteiger partial charge in [0.25, 0.3) is 0 Å². The Morgan fingerprint density at radius 1 is 1.35 bits per heavy atom. The number of hydrogen-bond donors (Lipinski definition) is 2. The molecule has 3 N–H and O–H groups in total. The number of rotatable bonds is 5. The summed E-state index contributed by atoms with van der Waals surface area (Å²) < 4.78 is 5.92. The summed E-state index contributed by atoms with van der Waals surface area (Å²) in [6.07, 6.45) is 1.05. The van der Waals surface area contributed by atoms with Crippen LogP contribution in [0.4, 0.5) is 0 Å². The molecule has 0 spiro atoms. The number of morpholine rings is 1. The molecule has 4 heteroatoms. The summed E-state index contributed by atoms with van der Waals surface area (Å²) in [5, 5.41) is 0. The first kappa shape index (κ1) is 15.4. The lowest BCUT2D eigenvalue weighted by molar-refractivity contribution is -0.0552. The van der Waals surface area contributed by atoms with Gasteiger partial charge in [-0.05, 0) is 32.8 Å². The van der Waals surface area contributed by atoms with E-state index in [0.717, 1.165) is 26.1 Å². The van der Waals surface area contributed by atoms with E-state index in [0.29, 0.717) is 6.04 Å². The Bertz CT molecular complexity index is 405. The van der Waals surface area contributed by atoms with Gasteiger partial charge in [0.15, 0.2) is 0 Å². The van der Waals surface area contributed by atoms with E-state index in [4.69, 9.17) is 10.6 Å². The Hall–Kier alpha value is -0.940. The van der Waals surface area contributed by atoms with E-state index in [2.05, 4.69) is 55.4 Å². The fourth-order valence-corrected chi connectivity index (χ4v) is 2.68. The number of nitrogens with one attached hydrogen (secondary N) is 1. The monoisotopic (exact) mass is 277 g/mol. The molecular formula is C16H27N3O. The molecule has 0 aromatic heterocycles. The molecule has 112 valence electrons. The number of nitrogens with zero attached hydrogens (tertiary/aromatic N) is 1. The Balaban J connectivity index is 1.98. The molecule has 1 aliphatic heterocycles. The molecule has 0 radical (unpaired) electrons. The lowest BCUT2D eigenvalue weighted by atomic mass is 9.99. The second-order valence-electron chi connectivity index (χ2n) is 5.96. The zero-order valence-corrected chi connectivity index (χ0v) is 12.8. The highest BCUT2D eigenvalue weighted by molar-refractivity contribution is 5.22. The Kier molecular flexibility index (Phi) is 5.54. The molecule has 1 aliphatic rings. The summed E-state index contributed by atoms with van der Waals surface area (Å²) in [4.78, 5) is 2.45. The predicted molar refractivity (Wildman–Crippen MR) is 82.4 cm³/mol. The van der Waals surface area contributed by atoms with E-state index in [1.165, 1.54) is 11.1 Å². The first-order chi connectivity index (χ1) is 9.60. The normalized spacial score (nSPS) is 22.1. The van der Waals surface area contributed by atoms with Crippen molar-refractivity contribution >= 4 is 0 Å². The zero-order chi connectivity index (χ0) is 14.5. The summed E-state index contributed by atoms with van der Waals surface area (Å²) in [5.41, 5.74) is 5.52. The van der Waals surface area contributed by atoms with E-state index in [1.807, 2.05) is 0 Å². The van der Waals surface area contributed by atoms with Crippen molar-refractivity contribution in [2.75, 3.05) is 19.7 Å². The van der Waals surface area contributed by atoms with Crippen LogP contribution in [0.1, 0.15) is 25.0 Å². The molecule has 1 aromatic rings. The molecule has 1 aromatic carbocycles. The number of hydrogen-bond acceptors (Lipinski definition) is 4. The predicted octanol–water partition coefficient (Wildman–Crippen LogP) is 1.48. The molecule has 1 saturated heterocycles. The number of aryl methyl sites for hydroxylation is 1. The quantitative estimate of drug-likeness (QED) is 0.632. The largest absolute Gasteiger partial charge is 0.374 e. The van der Waals surface area contributed by atoms with Gasteiger partial charge >= 0.3 is 0 Å². The van der Waals surface area contributed by atoms with Gasteiger partial charge in [-0.15, -0.1) is 0 Å². The zero-order valence-electron chi connectivity index (χ0n) is 12.8. The highest BCUT2D eigenvalue weighted by atomic mass is 16.5. The third kappa shape index (κ3) is 4.03. The van der Waals surface area contributed by atoms with E-state index in [9.17, 15) is 0 Å². The molecule has 4 nitrogen and oxygen atoms in total. The second-order valence-corrected chi connectivity index (χ2v) is 5.96. The molecule has 2 unspecified atom stereocenters. The van der Waals surface area contributed by atoms with Gasteiger partial charge in [0.05, 0.1) is 18.8 Å². The average molecular weight is 277 g/mol. The standard InChI is InChI=1S/C16H27N3O/c1-12(2)19-8-9-20-16(11-19)15(18-17)10-14-6-4-13(3)5-7-14/h4-7,12,15-16,18H,8-11,17H2,1-3H3. The fourth-order valence-electron chi connectivity index (χ4n) is 2.68. The number of benzene rings is 1. The summed E-state index contributed by atoms with van der Waals surface area (Å²) in [6, 6.07) is 9.33. The van der Waals surface area contributed by atoms with Crippen molar-refractivity contribution in [3.8, 4) is 0 Å². The third-order valence-electron chi connectivity index (χ3n) is 4.09. The van der Waals surface area contributed by atoms with Crippen molar-refractivity contribution in [1.29, 1.82) is 0 Å². The first-order valence-electron chi connectivity index (χ1n) is 7.47. The highest BCUT2D eigenvalue weighted by Crippen LogP contribution is 2.15. The number of nitrogens with two attached hydrogens (primary N) is 1. The molecule has 0 aliphatic carbocycles. The van der Waals surface area contributed by atoms with Crippen molar-refractivity contribution in [2.45, 2.75) is 45.4 Å². The minimum absolute atomic E-state index is 0.150. The molecule has 1 heterocycles.